The first-order valence-electron chi connectivity index (χ1n) is 9.29. The Morgan fingerprint density at radius 3 is 2.54 bits per heavy atom. The van der Waals surface area contributed by atoms with Crippen molar-refractivity contribution in [1.29, 1.82) is 0 Å². The molecule has 2 aliphatic rings. The Balaban J connectivity index is 2.10. The van der Waals surface area contributed by atoms with Crippen molar-refractivity contribution in [2.24, 2.45) is 11.3 Å². The van der Waals surface area contributed by atoms with E-state index in [0.29, 0.717) is 18.4 Å². The van der Waals surface area contributed by atoms with E-state index >= 15 is 0 Å². The fourth-order valence-corrected chi connectivity index (χ4v) is 4.74. The van der Waals surface area contributed by atoms with Crippen LogP contribution in [0.2, 0.25) is 0 Å². The number of fused-ring (bicyclic) bond motifs is 1. The van der Waals surface area contributed by atoms with Crippen LogP contribution in [-0.2, 0) is 20.7 Å². The molecule has 0 saturated heterocycles. The van der Waals surface area contributed by atoms with Crippen molar-refractivity contribution in [3.8, 4) is 5.75 Å². The summed E-state index contributed by atoms with van der Waals surface area (Å²) in [5.74, 6) is -0.748. The lowest BCUT2D eigenvalue weighted by atomic mass is 9.58. The normalized spacial score (nSPS) is 27.6. The zero-order chi connectivity index (χ0) is 20.9. The van der Waals surface area contributed by atoms with Crippen molar-refractivity contribution in [2.75, 3.05) is 7.11 Å². The van der Waals surface area contributed by atoms with Crippen LogP contribution in [0.25, 0.3) is 0 Å². The molecule has 1 heterocycles. The van der Waals surface area contributed by atoms with Crippen molar-refractivity contribution in [2.45, 2.75) is 58.7 Å². The molecule has 1 saturated carbocycles. The third-order valence-corrected chi connectivity index (χ3v) is 6.36. The molecule has 1 fully saturated rings. The van der Waals surface area contributed by atoms with Crippen LogP contribution >= 0.6 is 0 Å². The monoisotopic (exact) mass is 391 g/mol. The predicted molar refractivity (Wildman–Crippen MR) is 99.2 cm³/mol. The number of carbonyl (C=O) groups excluding carboxylic acids is 2. The Hall–Kier alpha value is -2.64. The number of nitro groups is 1. The number of methoxy groups -OCH3 is 1. The SMILES string of the molecule is COC(=O)c1cc2c(c([N+](=O)[O-])c1)O[C@@]1(C2)[C@H](C)CC[C@H](OC(C)=O)C1(C)C. The molecule has 8 heteroatoms. The fraction of sp³-hybridized carbons (Fsp3) is 0.600. The maximum absolute atomic E-state index is 12.0. The number of hydrogen-bond donors (Lipinski definition) is 0. The lowest BCUT2D eigenvalue weighted by molar-refractivity contribution is -0.386. The van der Waals surface area contributed by atoms with Crippen LogP contribution in [0.4, 0.5) is 5.69 Å². The molecule has 0 unspecified atom stereocenters. The maximum atomic E-state index is 12.0. The number of esters is 2. The van der Waals surface area contributed by atoms with Gasteiger partial charge in [0.15, 0.2) is 0 Å². The Morgan fingerprint density at radius 2 is 1.96 bits per heavy atom. The number of ether oxygens (including phenoxy) is 3. The van der Waals surface area contributed by atoms with Gasteiger partial charge in [-0.15, -0.1) is 0 Å². The number of nitrogens with zero attached hydrogens (tertiary/aromatic N) is 1. The Morgan fingerprint density at radius 1 is 1.29 bits per heavy atom. The lowest BCUT2D eigenvalue weighted by Crippen LogP contribution is -2.62. The molecule has 1 aliphatic carbocycles. The minimum absolute atomic E-state index is 0.0721. The van der Waals surface area contributed by atoms with Gasteiger partial charge in [0.1, 0.15) is 11.7 Å². The number of hydrogen-bond acceptors (Lipinski definition) is 7. The molecule has 0 bridgehead atoms. The topological polar surface area (TPSA) is 105 Å². The molecule has 3 rings (SSSR count). The van der Waals surface area contributed by atoms with Gasteiger partial charge in [-0.3, -0.25) is 14.9 Å². The summed E-state index contributed by atoms with van der Waals surface area (Å²) in [5.41, 5.74) is -0.918. The average Bonchev–Trinajstić information content (AvgIpc) is 3.02. The summed E-state index contributed by atoms with van der Waals surface area (Å²) in [6.07, 6.45) is 1.48. The van der Waals surface area contributed by atoms with E-state index in [0.717, 1.165) is 6.42 Å². The molecule has 1 aromatic carbocycles. The van der Waals surface area contributed by atoms with E-state index in [-0.39, 0.29) is 35.0 Å². The van der Waals surface area contributed by atoms with Gasteiger partial charge in [0.25, 0.3) is 0 Å². The summed E-state index contributed by atoms with van der Waals surface area (Å²) >= 11 is 0. The first-order valence-corrected chi connectivity index (χ1v) is 9.29. The maximum Gasteiger partial charge on any atom is 0.338 e. The first kappa shape index (κ1) is 20.1. The highest BCUT2D eigenvalue weighted by Crippen LogP contribution is 2.57. The largest absolute Gasteiger partial charge is 0.479 e. The summed E-state index contributed by atoms with van der Waals surface area (Å²) in [6, 6.07) is 2.79. The molecule has 1 spiro atoms. The third kappa shape index (κ3) is 2.91. The minimum atomic E-state index is -0.785. The molecule has 0 amide bonds. The summed E-state index contributed by atoms with van der Waals surface area (Å²) < 4.78 is 16.7. The van der Waals surface area contributed by atoms with Crippen LogP contribution in [0.15, 0.2) is 12.1 Å². The van der Waals surface area contributed by atoms with E-state index in [4.69, 9.17) is 14.2 Å². The smallest absolute Gasteiger partial charge is 0.338 e. The molecule has 0 aromatic heterocycles. The molecule has 3 atom stereocenters. The summed E-state index contributed by atoms with van der Waals surface area (Å²) in [7, 11) is 1.23. The molecular weight excluding hydrogens is 366 g/mol. The van der Waals surface area contributed by atoms with Gasteiger partial charge in [0, 0.05) is 30.4 Å². The van der Waals surface area contributed by atoms with Gasteiger partial charge in [0.05, 0.1) is 17.6 Å². The number of rotatable bonds is 3. The summed E-state index contributed by atoms with van der Waals surface area (Å²) in [4.78, 5) is 34.7. The standard InChI is InChI=1S/C20H25NO7/c1-11-6-7-16(27-12(2)22)19(3,4)20(11)10-14-8-13(18(23)26-5)9-15(21(24)25)17(14)28-20/h8-9,11,16H,6-7,10H2,1-5H3/t11-,16+,20+/m1/s1. The van der Waals surface area contributed by atoms with Gasteiger partial charge >= 0.3 is 17.6 Å². The fourth-order valence-electron chi connectivity index (χ4n) is 4.74. The first-order chi connectivity index (χ1) is 13.0. The van der Waals surface area contributed by atoms with Crippen molar-refractivity contribution in [1.82, 2.24) is 0 Å². The average molecular weight is 391 g/mol. The molecule has 28 heavy (non-hydrogen) atoms. The number of benzene rings is 1. The molecular formula is C20H25NO7. The van der Waals surface area contributed by atoms with E-state index in [2.05, 4.69) is 0 Å². The summed E-state index contributed by atoms with van der Waals surface area (Å²) in [6.45, 7) is 7.35. The van der Waals surface area contributed by atoms with Gasteiger partial charge < -0.3 is 14.2 Å². The highest BCUT2D eigenvalue weighted by atomic mass is 16.6. The van der Waals surface area contributed by atoms with E-state index in [1.807, 2.05) is 20.8 Å². The Labute approximate surface area is 163 Å². The van der Waals surface area contributed by atoms with Crippen LogP contribution in [-0.4, -0.2) is 35.7 Å². The second-order valence-electron chi connectivity index (χ2n) is 8.20. The van der Waals surface area contributed by atoms with Crippen molar-refractivity contribution in [3.63, 3.8) is 0 Å². The molecule has 1 aromatic rings. The number of carbonyl (C=O) groups is 2. The molecule has 1 aliphatic heterocycles. The second-order valence-corrected chi connectivity index (χ2v) is 8.20. The minimum Gasteiger partial charge on any atom is -0.479 e. The van der Waals surface area contributed by atoms with Crippen LogP contribution < -0.4 is 4.74 Å². The van der Waals surface area contributed by atoms with E-state index in [1.165, 1.54) is 20.1 Å². The Kier molecular flexibility index (Phi) is 4.85. The third-order valence-electron chi connectivity index (χ3n) is 6.36. The predicted octanol–water partition coefficient (Wildman–Crippen LogP) is 3.44. The quantitative estimate of drug-likeness (QED) is 0.441. The highest BCUT2D eigenvalue weighted by Gasteiger charge is 2.62. The van der Waals surface area contributed by atoms with Crippen LogP contribution in [0.1, 0.15) is 56.5 Å². The van der Waals surface area contributed by atoms with Crippen LogP contribution in [0.5, 0.6) is 5.75 Å². The molecule has 0 N–H and O–H groups in total. The number of nitro benzene ring substituents is 1. The van der Waals surface area contributed by atoms with Gasteiger partial charge in [-0.05, 0) is 24.8 Å². The van der Waals surface area contributed by atoms with E-state index in [1.54, 1.807) is 6.07 Å². The second kappa shape index (κ2) is 6.76. The van der Waals surface area contributed by atoms with Crippen molar-refractivity contribution >= 4 is 17.6 Å². The van der Waals surface area contributed by atoms with Crippen molar-refractivity contribution < 1.29 is 28.7 Å². The van der Waals surface area contributed by atoms with E-state index in [9.17, 15) is 19.7 Å². The highest BCUT2D eigenvalue weighted by molar-refractivity contribution is 5.91. The van der Waals surface area contributed by atoms with Gasteiger partial charge in [-0.25, -0.2) is 4.79 Å². The van der Waals surface area contributed by atoms with Crippen LogP contribution in [0.3, 0.4) is 0 Å². The van der Waals surface area contributed by atoms with Gasteiger partial charge in [0.2, 0.25) is 5.75 Å². The zero-order valence-corrected chi connectivity index (χ0v) is 16.7. The molecule has 8 nitrogen and oxygen atoms in total. The summed E-state index contributed by atoms with van der Waals surface area (Å²) in [5, 5.41) is 11.7. The molecule has 152 valence electrons. The van der Waals surface area contributed by atoms with Crippen LogP contribution in [0, 0.1) is 21.4 Å². The van der Waals surface area contributed by atoms with Crippen molar-refractivity contribution in [3.05, 3.63) is 33.4 Å². The molecule has 0 radical (unpaired) electrons. The van der Waals surface area contributed by atoms with E-state index < -0.39 is 21.9 Å². The zero-order valence-electron chi connectivity index (χ0n) is 16.7. The van der Waals surface area contributed by atoms with Gasteiger partial charge in [-0.2, -0.15) is 0 Å². The lowest BCUT2D eigenvalue weighted by Gasteiger charge is -2.54. The Bertz CT molecular complexity index is 847. The van der Waals surface area contributed by atoms with Gasteiger partial charge in [-0.1, -0.05) is 20.8 Å².